The van der Waals surface area contributed by atoms with Crippen LogP contribution in [-0.2, 0) is 0 Å². The summed E-state index contributed by atoms with van der Waals surface area (Å²) in [6.45, 7) is 0.578. The number of urea groups is 1. The van der Waals surface area contributed by atoms with Gasteiger partial charge < -0.3 is 14.7 Å². The molecule has 1 aromatic heterocycles. The van der Waals surface area contributed by atoms with Gasteiger partial charge in [-0.15, -0.1) is 0 Å². The number of carbonyl (C=O) groups excluding carboxylic acids is 1. The molecule has 2 aromatic carbocycles. The maximum absolute atomic E-state index is 13.4. The van der Waals surface area contributed by atoms with E-state index in [2.05, 4.69) is 15.5 Å². The third-order valence-corrected chi connectivity index (χ3v) is 4.60. The molecule has 2 heterocycles. The molecular formula is C20H19FN4O2. The molecular weight excluding hydrogens is 347 g/mol. The van der Waals surface area contributed by atoms with Crippen molar-refractivity contribution in [2.24, 2.45) is 0 Å². The van der Waals surface area contributed by atoms with Crippen LogP contribution in [0.5, 0.6) is 0 Å². The predicted molar refractivity (Wildman–Crippen MR) is 98.5 cm³/mol. The first-order chi connectivity index (χ1) is 13.2. The molecule has 0 bridgehead atoms. The Morgan fingerprint density at radius 3 is 2.81 bits per heavy atom. The van der Waals surface area contributed by atoms with Crippen molar-refractivity contribution in [2.75, 3.05) is 11.9 Å². The SMILES string of the molecule is O=C(Nc1cccc(F)c1)N1CCCC[C@@H]1c1nc(-c2ccccc2)no1. The number of rotatable bonds is 3. The minimum Gasteiger partial charge on any atom is -0.337 e. The molecule has 0 radical (unpaired) electrons. The lowest BCUT2D eigenvalue weighted by Crippen LogP contribution is -2.41. The Balaban J connectivity index is 1.54. The van der Waals surface area contributed by atoms with Gasteiger partial charge in [-0.1, -0.05) is 41.6 Å². The van der Waals surface area contributed by atoms with Gasteiger partial charge in [-0.25, -0.2) is 9.18 Å². The highest BCUT2D eigenvalue weighted by molar-refractivity contribution is 5.89. The molecule has 1 aliphatic rings. The summed E-state index contributed by atoms with van der Waals surface area (Å²) in [5.74, 6) is 0.525. The molecule has 1 N–H and O–H groups in total. The van der Waals surface area contributed by atoms with E-state index in [1.807, 2.05) is 30.3 Å². The second kappa shape index (κ2) is 7.57. The molecule has 6 nitrogen and oxygen atoms in total. The lowest BCUT2D eigenvalue weighted by atomic mass is 10.0. The Hall–Kier alpha value is -3.22. The fraction of sp³-hybridized carbons (Fsp3) is 0.250. The number of benzene rings is 2. The van der Waals surface area contributed by atoms with Gasteiger partial charge in [0.15, 0.2) is 0 Å². The molecule has 2 amide bonds. The van der Waals surface area contributed by atoms with E-state index in [9.17, 15) is 9.18 Å². The summed E-state index contributed by atoms with van der Waals surface area (Å²) in [4.78, 5) is 18.9. The molecule has 1 aliphatic heterocycles. The predicted octanol–water partition coefficient (Wildman–Crippen LogP) is 4.63. The van der Waals surface area contributed by atoms with Crippen molar-refractivity contribution in [3.05, 3.63) is 66.3 Å². The van der Waals surface area contributed by atoms with Crippen molar-refractivity contribution in [2.45, 2.75) is 25.3 Å². The number of amides is 2. The number of anilines is 1. The minimum absolute atomic E-state index is 0.294. The number of hydrogen-bond acceptors (Lipinski definition) is 4. The van der Waals surface area contributed by atoms with E-state index in [4.69, 9.17) is 4.52 Å². The third kappa shape index (κ3) is 3.81. The Morgan fingerprint density at radius 2 is 2.00 bits per heavy atom. The van der Waals surface area contributed by atoms with Crippen molar-refractivity contribution in [3.63, 3.8) is 0 Å². The summed E-state index contributed by atoms with van der Waals surface area (Å²) in [5, 5.41) is 6.80. The van der Waals surface area contributed by atoms with Crippen LogP contribution in [0, 0.1) is 5.82 Å². The zero-order valence-corrected chi connectivity index (χ0v) is 14.6. The molecule has 1 atom stereocenters. The van der Waals surface area contributed by atoms with E-state index in [1.54, 1.807) is 17.0 Å². The zero-order chi connectivity index (χ0) is 18.6. The van der Waals surface area contributed by atoms with Crippen LogP contribution < -0.4 is 5.32 Å². The van der Waals surface area contributed by atoms with Crippen LogP contribution in [0.2, 0.25) is 0 Å². The van der Waals surface area contributed by atoms with Gasteiger partial charge in [0.25, 0.3) is 0 Å². The fourth-order valence-corrected chi connectivity index (χ4v) is 3.27. The highest BCUT2D eigenvalue weighted by atomic mass is 19.1. The molecule has 3 aromatic rings. The van der Waals surface area contributed by atoms with E-state index in [-0.39, 0.29) is 12.1 Å². The van der Waals surface area contributed by atoms with Crippen LogP contribution in [0.25, 0.3) is 11.4 Å². The zero-order valence-electron chi connectivity index (χ0n) is 14.6. The van der Waals surface area contributed by atoms with Crippen LogP contribution in [0.4, 0.5) is 14.9 Å². The second-order valence-corrected chi connectivity index (χ2v) is 6.47. The number of nitrogens with one attached hydrogen (secondary N) is 1. The van der Waals surface area contributed by atoms with Gasteiger partial charge in [0.05, 0.1) is 0 Å². The molecule has 0 saturated carbocycles. The fourth-order valence-electron chi connectivity index (χ4n) is 3.27. The van der Waals surface area contributed by atoms with Gasteiger partial charge in [-0.3, -0.25) is 0 Å². The first-order valence-electron chi connectivity index (χ1n) is 8.93. The first-order valence-corrected chi connectivity index (χ1v) is 8.93. The normalized spacial score (nSPS) is 16.9. The average Bonchev–Trinajstić information content (AvgIpc) is 3.19. The van der Waals surface area contributed by atoms with Crippen LogP contribution in [0.15, 0.2) is 59.1 Å². The quantitative estimate of drug-likeness (QED) is 0.733. The summed E-state index contributed by atoms with van der Waals surface area (Å²) in [7, 11) is 0. The highest BCUT2D eigenvalue weighted by Gasteiger charge is 2.32. The molecule has 1 fully saturated rings. The number of piperidine rings is 1. The molecule has 27 heavy (non-hydrogen) atoms. The van der Waals surface area contributed by atoms with Crippen LogP contribution in [0.3, 0.4) is 0 Å². The summed E-state index contributed by atoms with van der Waals surface area (Å²) in [5.41, 5.74) is 1.28. The Labute approximate surface area is 156 Å². The van der Waals surface area contributed by atoms with Crippen molar-refractivity contribution < 1.29 is 13.7 Å². The van der Waals surface area contributed by atoms with E-state index in [0.29, 0.717) is 23.9 Å². The van der Waals surface area contributed by atoms with Gasteiger partial charge in [-0.05, 0) is 37.5 Å². The van der Waals surface area contributed by atoms with E-state index in [0.717, 1.165) is 24.8 Å². The van der Waals surface area contributed by atoms with Crippen molar-refractivity contribution in [1.82, 2.24) is 15.0 Å². The van der Waals surface area contributed by atoms with Crippen molar-refractivity contribution in [1.29, 1.82) is 0 Å². The molecule has 1 saturated heterocycles. The van der Waals surface area contributed by atoms with Gasteiger partial charge >= 0.3 is 6.03 Å². The van der Waals surface area contributed by atoms with Gasteiger partial charge in [0.2, 0.25) is 11.7 Å². The lowest BCUT2D eigenvalue weighted by Gasteiger charge is -2.33. The molecule has 138 valence electrons. The average molecular weight is 366 g/mol. The molecule has 0 unspecified atom stereocenters. The number of likely N-dealkylation sites (tertiary alicyclic amines) is 1. The van der Waals surface area contributed by atoms with Crippen LogP contribution >= 0.6 is 0 Å². The molecule has 4 rings (SSSR count). The first kappa shape index (κ1) is 17.2. The van der Waals surface area contributed by atoms with Crippen molar-refractivity contribution in [3.8, 4) is 11.4 Å². The highest BCUT2D eigenvalue weighted by Crippen LogP contribution is 2.31. The lowest BCUT2D eigenvalue weighted by molar-refractivity contribution is 0.142. The maximum atomic E-state index is 13.4. The largest absolute Gasteiger partial charge is 0.337 e. The molecule has 0 spiro atoms. The van der Waals surface area contributed by atoms with E-state index in [1.165, 1.54) is 12.1 Å². The Morgan fingerprint density at radius 1 is 1.15 bits per heavy atom. The summed E-state index contributed by atoms with van der Waals surface area (Å²) in [6.07, 6.45) is 2.61. The minimum atomic E-state index is -0.396. The molecule has 7 heteroatoms. The van der Waals surface area contributed by atoms with Gasteiger partial charge in [0.1, 0.15) is 11.9 Å². The van der Waals surface area contributed by atoms with Gasteiger partial charge in [-0.2, -0.15) is 4.98 Å². The second-order valence-electron chi connectivity index (χ2n) is 6.47. The number of hydrogen-bond donors (Lipinski definition) is 1. The Kier molecular flexibility index (Phi) is 4.82. The number of nitrogens with zero attached hydrogens (tertiary/aromatic N) is 3. The van der Waals surface area contributed by atoms with Crippen LogP contribution in [-0.4, -0.2) is 27.6 Å². The number of aromatic nitrogens is 2. The summed E-state index contributed by atoms with van der Waals surface area (Å²) in [6, 6.07) is 14.8. The maximum Gasteiger partial charge on any atom is 0.322 e. The number of halogens is 1. The summed E-state index contributed by atoms with van der Waals surface area (Å²) >= 11 is 0. The smallest absolute Gasteiger partial charge is 0.322 e. The topological polar surface area (TPSA) is 71.3 Å². The van der Waals surface area contributed by atoms with E-state index >= 15 is 0 Å². The Bertz CT molecular complexity index is 928. The van der Waals surface area contributed by atoms with Crippen molar-refractivity contribution >= 4 is 11.7 Å². The van der Waals surface area contributed by atoms with E-state index < -0.39 is 5.82 Å². The van der Waals surface area contributed by atoms with Gasteiger partial charge in [0, 0.05) is 17.8 Å². The number of carbonyl (C=O) groups is 1. The standard InChI is InChI=1S/C20H19FN4O2/c21-15-9-6-10-16(13-15)22-20(26)25-12-5-4-11-17(25)19-23-18(24-27-19)14-7-2-1-3-8-14/h1-3,6-10,13,17H,4-5,11-12H2,(H,22,26)/t17-/m1/s1. The molecule has 0 aliphatic carbocycles. The monoisotopic (exact) mass is 366 g/mol. The van der Waals surface area contributed by atoms with Crippen LogP contribution in [0.1, 0.15) is 31.2 Å². The summed E-state index contributed by atoms with van der Waals surface area (Å²) < 4.78 is 18.8. The third-order valence-electron chi connectivity index (χ3n) is 4.60.